The summed E-state index contributed by atoms with van der Waals surface area (Å²) in [6.07, 6.45) is 3.90. The van der Waals surface area contributed by atoms with Gasteiger partial charge in [0.05, 0.1) is 0 Å². The van der Waals surface area contributed by atoms with Gasteiger partial charge in [0.15, 0.2) is 0 Å². The van der Waals surface area contributed by atoms with E-state index in [1.54, 1.807) is 24.5 Å². The zero-order valence-corrected chi connectivity index (χ0v) is 9.64. The van der Waals surface area contributed by atoms with Crippen LogP contribution in [0.5, 0.6) is 0 Å². The van der Waals surface area contributed by atoms with Crippen molar-refractivity contribution in [3.63, 3.8) is 0 Å². The highest BCUT2D eigenvalue weighted by Gasteiger charge is 2.04. The van der Waals surface area contributed by atoms with Gasteiger partial charge in [-0.25, -0.2) is 0 Å². The van der Waals surface area contributed by atoms with Crippen molar-refractivity contribution in [2.24, 2.45) is 0 Å². The maximum absolute atomic E-state index is 11.7. The summed E-state index contributed by atoms with van der Waals surface area (Å²) in [5.74, 6) is 1.69. The number of nitrogens with zero attached hydrogens (tertiary/aromatic N) is 1. The molecule has 2 rings (SSSR count). The molecule has 0 aliphatic rings. The predicted octanol–water partition coefficient (Wildman–Crippen LogP) is 1.96. The normalized spacial score (nSPS) is 10.2. The second-order valence-corrected chi connectivity index (χ2v) is 3.75. The smallest absolute Gasteiger partial charge is 0.251 e. The van der Waals surface area contributed by atoms with E-state index in [2.05, 4.69) is 10.3 Å². The van der Waals surface area contributed by atoms with E-state index in [-0.39, 0.29) is 5.91 Å². The Hall–Kier alpha value is -2.10. The van der Waals surface area contributed by atoms with Crippen molar-refractivity contribution in [1.29, 1.82) is 0 Å². The molecular weight excluding hydrogens is 216 g/mol. The molecule has 0 aliphatic carbocycles. The van der Waals surface area contributed by atoms with E-state index < -0.39 is 0 Å². The second-order valence-electron chi connectivity index (χ2n) is 3.75. The van der Waals surface area contributed by atoms with Crippen molar-refractivity contribution in [1.82, 2.24) is 10.3 Å². The van der Waals surface area contributed by atoms with Crippen LogP contribution in [-0.4, -0.2) is 17.4 Å². The molecule has 0 saturated heterocycles. The first-order valence-electron chi connectivity index (χ1n) is 5.49. The zero-order chi connectivity index (χ0) is 12.1. The van der Waals surface area contributed by atoms with Crippen molar-refractivity contribution in [2.75, 3.05) is 6.54 Å². The summed E-state index contributed by atoms with van der Waals surface area (Å²) >= 11 is 0. The Morgan fingerprint density at radius 1 is 1.29 bits per heavy atom. The van der Waals surface area contributed by atoms with Crippen LogP contribution in [0.3, 0.4) is 0 Å². The van der Waals surface area contributed by atoms with Crippen molar-refractivity contribution < 1.29 is 9.21 Å². The third kappa shape index (κ3) is 3.17. The van der Waals surface area contributed by atoms with E-state index in [1.165, 1.54) is 0 Å². The van der Waals surface area contributed by atoms with Crippen molar-refractivity contribution in [3.8, 4) is 0 Å². The number of hydrogen-bond donors (Lipinski definition) is 1. The number of carbonyl (C=O) groups excluding carboxylic acids is 1. The zero-order valence-electron chi connectivity index (χ0n) is 9.64. The molecule has 88 valence electrons. The van der Waals surface area contributed by atoms with Crippen molar-refractivity contribution in [2.45, 2.75) is 13.3 Å². The lowest BCUT2D eigenvalue weighted by Gasteiger charge is -2.03. The van der Waals surface area contributed by atoms with Gasteiger partial charge in [-0.1, -0.05) is 0 Å². The maximum atomic E-state index is 11.7. The number of aromatic nitrogens is 1. The molecule has 0 unspecified atom stereocenters. The Morgan fingerprint density at radius 2 is 2.06 bits per heavy atom. The van der Waals surface area contributed by atoms with Gasteiger partial charge in [-0.3, -0.25) is 9.78 Å². The fourth-order valence-electron chi connectivity index (χ4n) is 1.52. The third-order valence-corrected chi connectivity index (χ3v) is 2.40. The molecule has 0 saturated carbocycles. The van der Waals surface area contributed by atoms with Crippen LogP contribution >= 0.6 is 0 Å². The van der Waals surface area contributed by atoms with Gasteiger partial charge in [-0.2, -0.15) is 0 Å². The van der Waals surface area contributed by atoms with Crippen molar-refractivity contribution >= 4 is 5.91 Å². The van der Waals surface area contributed by atoms with Crippen LogP contribution in [0.25, 0.3) is 0 Å². The van der Waals surface area contributed by atoms with Crippen LogP contribution in [-0.2, 0) is 6.42 Å². The summed E-state index contributed by atoms with van der Waals surface area (Å²) < 4.78 is 5.41. The molecule has 17 heavy (non-hydrogen) atoms. The highest BCUT2D eigenvalue weighted by molar-refractivity contribution is 5.93. The minimum absolute atomic E-state index is 0.0873. The SMILES string of the molecule is Cc1ccc(CCNC(=O)c2ccncc2)o1. The highest BCUT2D eigenvalue weighted by atomic mass is 16.3. The molecular formula is C13H14N2O2. The van der Waals surface area contributed by atoms with Gasteiger partial charge in [-0.15, -0.1) is 0 Å². The lowest BCUT2D eigenvalue weighted by atomic mass is 10.2. The number of nitrogens with one attached hydrogen (secondary N) is 1. The number of amides is 1. The van der Waals surface area contributed by atoms with Gasteiger partial charge >= 0.3 is 0 Å². The van der Waals surface area contributed by atoms with E-state index in [4.69, 9.17) is 4.42 Å². The van der Waals surface area contributed by atoms with E-state index >= 15 is 0 Å². The average molecular weight is 230 g/mol. The van der Waals surface area contributed by atoms with Crippen LogP contribution in [0.2, 0.25) is 0 Å². The summed E-state index contributed by atoms with van der Waals surface area (Å²) in [6, 6.07) is 7.21. The van der Waals surface area contributed by atoms with E-state index in [9.17, 15) is 4.79 Å². The molecule has 2 heterocycles. The standard InChI is InChI=1S/C13H14N2O2/c1-10-2-3-12(17-10)6-9-15-13(16)11-4-7-14-8-5-11/h2-5,7-8H,6,9H2,1H3,(H,15,16). The lowest BCUT2D eigenvalue weighted by molar-refractivity contribution is 0.0953. The van der Waals surface area contributed by atoms with Gasteiger partial charge in [0.1, 0.15) is 11.5 Å². The Bertz CT molecular complexity index is 491. The molecule has 2 aromatic heterocycles. The Morgan fingerprint density at radius 3 is 2.71 bits per heavy atom. The molecule has 2 aromatic rings. The van der Waals surface area contributed by atoms with Crippen molar-refractivity contribution in [3.05, 3.63) is 53.7 Å². The molecule has 0 radical (unpaired) electrons. The molecule has 0 bridgehead atoms. The second kappa shape index (κ2) is 5.30. The number of pyridine rings is 1. The van der Waals surface area contributed by atoms with Crippen LogP contribution in [0, 0.1) is 6.92 Å². The number of rotatable bonds is 4. The summed E-state index contributed by atoms with van der Waals surface area (Å²) in [5, 5.41) is 2.83. The molecule has 1 N–H and O–H groups in total. The van der Waals surface area contributed by atoms with E-state index in [0.29, 0.717) is 18.5 Å². The van der Waals surface area contributed by atoms with Crippen LogP contribution in [0.15, 0.2) is 41.1 Å². The first-order valence-corrected chi connectivity index (χ1v) is 5.49. The quantitative estimate of drug-likeness (QED) is 0.873. The van der Waals surface area contributed by atoms with Gasteiger partial charge in [-0.05, 0) is 31.2 Å². The maximum Gasteiger partial charge on any atom is 0.251 e. The highest BCUT2D eigenvalue weighted by Crippen LogP contribution is 2.06. The number of hydrogen-bond acceptors (Lipinski definition) is 3. The van der Waals surface area contributed by atoms with E-state index in [0.717, 1.165) is 11.5 Å². The fraction of sp³-hybridized carbons (Fsp3) is 0.231. The Labute approximate surface area is 99.7 Å². The summed E-state index contributed by atoms with van der Waals surface area (Å²) in [6.45, 7) is 2.47. The average Bonchev–Trinajstić information content (AvgIpc) is 2.76. The molecule has 0 fully saturated rings. The minimum atomic E-state index is -0.0873. The van der Waals surface area contributed by atoms with Crippen LogP contribution in [0.1, 0.15) is 21.9 Å². The van der Waals surface area contributed by atoms with E-state index in [1.807, 2.05) is 19.1 Å². The first-order chi connectivity index (χ1) is 8.25. The van der Waals surface area contributed by atoms with Crippen LogP contribution in [0.4, 0.5) is 0 Å². The number of aryl methyl sites for hydroxylation is 1. The lowest BCUT2D eigenvalue weighted by Crippen LogP contribution is -2.25. The monoisotopic (exact) mass is 230 g/mol. The molecule has 0 spiro atoms. The molecule has 0 aliphatic heterocycles. The number of carbonyl (C=O) groups is 1. The third-order valence-electron chi connectivity index (χ3n) is 2.40. The minimum Gasteiger partial charge on any atom is -0.466 e. The first kappa shape index (κ1) is 11.4. The Balaban J connectivity index is 1.81. The predicted molar refractivity (Wildman–Crippen MR) is 63.7 cm³/mol. The molecule has 0 aromatic carbocycles. The molecule has 4 nitrogen and oxygen atoms in total. The van der Waals surface area contributed by atoms with Gasteiger partial charge in [0.2, 0.25) is 0 Å². The molecule has 1 amide bonds. The molecule has 4 heteroatoms. The number of furan rings is 1. The van der Waals surface area contributed by atoms with Gasteiger partial charge in [0.25, 0.3) is 5.91 Å². The summed E-state index contributed by atoms with van der Waals surface area (Å²) in [5.41, 5.74) is 0.621. The van der Waals surface area contributed by atoms with Gasteiger partial charge < -0.3 is 9.73 Å². The fourth-order valence-corrected chi connectivity index (χ4v) is 1.52. The Kier molecular flexibility index (Phi) is 3.55. The largest absolute Gasteiger partial charge is 0.466 e. The molecule has 0 atom stereocenters. The topological polar surface area (TPSA) is 55.1 Å². The summed E-state index contributed by atoms with van der Waals surface area (Å²) in [4.78, 5) is 15.5. The summed E-state index contributed by atoms with van der Waals surface area (Å²) in [7, 11) is 0. The van der Waals surface area contributed by atoms with Crippen LogP contribution < -0.4 is 5.32 Å². The van der Waals surface area contributed by atoms with Gasteiger partial charge in [0, 0.05) is 30.9 Å².